The highest BCUT2D eigenvalue weighted by Crippen LogP contribution is 2.31. The molecule has 192 valence electrons. The highest BCUT2D eigenvalue weighted by Gasteiger charge is 2.28. The number of carbonyl (C=O) groups is 1. The zero-order chi connectivity index (χ0) is 25.1. The Kier molecular flexibility index (Phi) is 12.3. The van der Waals surface area contributed by atoms with Crippen LogP contribution in [0, 0.1) is 10.8 Å². The highest BCUT2D eigenvalue weighted by atomic mass is 16.5. The van der Waals surface area contributed by atoms with Crippen LogP contribution < -0.4 is 5.69 Å². The van der Waals surface area contributed by atoms with Crippen molar-refractivity contribution in [1.29, 1.82) is 0 Å². The molecule has 33 heavy (non-hydrogen) atoms. The van der Waals surface area contributed by atoms with Crippen molar-refractivity contribution >= 4 is 5.97 Å². The number of hydrogen-bond acceptors (Lipinski definition) is 4. The van der Waals surface area contributed by atoms with Gasteiger partial charge < -0.3 is 14.9 Å². The van der Waals surface area contributed by atoms with Crippen LogP contribution in [0.25, 0.3) is 0 Å². The molecule has 1 aromatic rings. The molecule has 1 heterocycles. The van der Waals surface area contributed by atoms with Crippen LogP contribution in [-0.2, 0) is 22.6 Å². The quantitative estimate of drug-likeness (QED) is 0.265. The van der Waals surface area contributed by atoms with Gasteiger partial charge in [-0.3, -0.25) is 9.13 Å². The van der Waals surface area contributed by atoms with Crippen molar-refractivity contribution in [2.45, 2.75) is 125 Å². The number of unbranched alkanes of at least 4 members (excludes halogenated alkanes) is 3. The molecule has 1 atom stereocenters. The molecule has 2 N–H and O–H groups in total. The summed E-state index contributed by atoms with van der Waals surface area (Å²) < 4.78 is 8.71. The van der Waals surface area contributed by atoms with E-state index in [2.05, 4.69) is 34.6 Å². The number of nitrogens with zero attached hydrogens (tertiary/aromatic N) is 2. The second-order valence-corrected chi connectivity index (χ2v) is 11.0. The Morgan fingerprint density at radius 3 is 2.15 bits per heavy atom. The third-order valence-corrected chi connectivity index (χ3v) is 6.64. The van der Waals surface area contributed by atoms with Crippen molar-refractivity contribution < 1.29 is 19.7 Å². The lowest BCUT2D eigenvalue weighted by Gasteiger charge is -2.28. The van der Waals surface area contributed by atoms with E-state index in [-0.39, 0.29) is 22.4 Å². The third kappa shape index (κ3) is 10.8. The molecule has 0 amide bonds. The zero-order valence-corrected chi connectivity index (χ0v) is 21.9. The van der Waals surface area contributed by atoms with E-state index in [1.54, 1.807) is 0 Å². The van der Waals surface area contributed by atoms with E-state index in [0.717, 1.165) is 57.8 Å². The summed E-state index contributed by atoms with van der Waals surface area (Å²) in [7, 11) is 0. The number of aromatic hydroxyl groups is 1. The van der Waals surface area contributed by atoms with Crippen LogP contribution in [0.1, 0.15) is 106 Å². The van der Waals surface area contributed by atoms with Crippen LogP contribution in [0.2, 0.25) is 0 Å². The van der Waals surface area contributed by atoms with Crippen LogP contribution in [-0.4, -0.2) is 38.0 Å². The fraction of sp³-hybridized carbons (Fsp3) is 0.846. The minimum atomic E-state index is -0.862. The van der Waals surface area contributed by atoms with E-state index in [4.69, 9.17) is 4.74 Å². The number of aliphatic carboxylic acids is 1. The minimum absolute atomic E-state index is 0.0256. The molecule has 0 bridgehead atoms. The number of imidazole rings is 1. The monoisotopic (exact) mass is 468 g/mol. The van der Waals surface area contributed by atoms with E-state index >= 15 is 0 Å². The van der Waals surface area contributed by atoms with Gasteiger partial charge in [0.1, 0.15) is 0 Å². The molecule has 0 aliphatic carbocycles. The molecule has 0 fully saturated rings. The maximum atomic E-state index is 12.1. The first kappa shape index (κ1) is 29.3. The van der Waals surface area contributed by atoms with E-state index in [1.807, 2.05) is 6.92 Å². The van der Waals surface area contributed by atoms with Gasteiger partial charge in [-0.25, -0.2) is 9.59 Å². The van der Waals surface area contributed by atoms with Crippen LogP contribution in [0.5, 0.6) is 5.88 Å². The Morgan fingerprint density at radius 1 is 1.00 bits per heavy atom. The lowest BCUT2D eigenvalue weighted by atomic mass is 9.81. The maximum Gasteiger partial charge on any atom is 0.332 e. The van der Waals surface area contributed by atoms with Gasteiger partial charge in [0.05, 0.1) is 6.20 Å². The molecular formula is C26H48N2O5. The summed E-state index contributed by atoms with van der Waals surface area (Å²) in [5, 5.41) is 19.5. The largest absolute Gasteiger partial charge is 0.493 e. The molecule has 7 heteroatoms. The number of carboxylic acid groups (broad SMARTS) is 1. The minimum Gasteiger partial charge on any atom is -0.493 e. The normalized spacial score (nSPS) is 13.4. The van der Waals surface area contributed by atoms with Crippen molar-refractivity contribution in [3.8, 4) is 5.88 Å². The lowest BCUT2D eigenvalue weighted by molar-refractivity contribution is -0.152. The van der Waals surface area contributed by atoms with Crippen LogP contribution in [0.3, 0.4) is 0 Å². The topological polar surface area (TPSA) is 93.7 Å². The molecule has 0 aromatic carbocycles. The number of aromatic nitrogens is 2. The number of ether oxygens (including phenoxy) is 1. The first-order valence-electron chi connectivity index (χ1n) is 12.8. The average Bonchev–Trinajstić information content (AvgIpc) is 3.01. The first-order valence-corrected chi connectivity index (χ1v) is 12.8. The maximum absolute atomic E-state index is 12.1. The van der Waals surface area contributed by atoms with E-state index in [9.17, 15) is 19.8 Å². The van der Waals surface area contributed by atoms with Gasteiger partial charge in [-0.15, -0.1) is 0 Å². The van der Waals surface area contributed by atoms with E-state index in [1.165, 1.54) is 15.3 Å². The molecule has 1 unspecified atom stereocenters. The SMILES string of the molecule is CCCCC(C)(C)CC(OCCCCC(C)(C)CCCCn1c(O)cn(CC)c1=O)C(=O)O. The molecule has 0 saturated carbocycles. The summed E-state index contributed by atoms with van der Waals surface area (Å²) in [6, 6.07) is 0. The smallest absolute Gasteiger partial charge is 0.332 e. The molecule has 1 aromatic heterocycles. The van der Waals surface area contributed by atoms with Crippen LogP contribution in [0.4, 0.5) is 0 Å². The summed E-state index contributed by atoms with van der Waals surface area (Å²) in [4.78, 5) is 23.8. The predicted molar refractivity (Wildman–Crippen MR) is 133 cm³/mol. The summed E-state index contributed by atoms with van der Waals surface area (Å²) in [5.41, 5.74) is 0.00133. The van der Waals surface area contributed by atoms with Gasteiger partial charge >= 0.3 is 11.7 Å². The molecule has 7 nitrogen and oxygen atoms in total. The second kappa shape index (κ2) is 13.8. The number of aryl methyl sites for hydroxylation is 1. The Labute approximate surface area is 200 Å². The van der Waals surface area contributed by atoms with Crippen molar-refractivity contribution in [3.05, 3.63) is 16.7 Å². The molecule has 0 spiro atoms. The predicted octanol–water partition coefficient (Wildman–Crippen LogP) is 5.82. The number of hydrogen-bond donors (Lipinski definition) is 2. The van der Waals surface area contributed by atoms with Gasteiger partial charge in [-0.1, -0.05) is 60.3 Å². The summed E-state index contributed by atoms with van der Waals surface area (Å²) in [6.45, 7) is 14.4. The fourth-order valence-corrected chi connectivity index (χ4v) is 4.36. The Morgan fingerprint density at radius 2 is 1.61 bits per heavy atom. The molecule has 0 saturated heterocycles. The van der Waals surface area contributed by atoms with Crippen molar-refractivity contribution in [2.24, 2.45) is 10.8 Å². The number of rotatable bonds is 18. The van der Waals surface area contributed by atoms with Crippen LogP contribution >= 0.6 is 0 Å². The molecule has 0 radical (unpaired) electrons. The summed E-state index contributed by atoms with van der Waals surface area (Å²) >= 11 is 0. The molecule has 1 rings (SSSR count). The number of carboxylic acids is 1. The highest BCUT2D eigenvalue weighted by molar-refractivity contribution is 5.72. The first-order chi connectivity index (χ1) is 15.4. The summed E-state index contributed by atoms with van der Waals surface area (Å²) in [6.07, 6.45) is 10.3. The average molecular weight is 469 g/mol. The zero-order valence-electron chi connectivity index (χ0n) is 21.9. The van der Waals surface area contributed by atoms with E-state index < -0.39 is 12.1 Å². The van der Waals surface area contributed by atoms with Gasteiger partial charge in [-0.05, 0) is 56.3 Å². The van der Waals surface area contributed by atoms with Gasteiger partial charge in [0.2, 0.25) is 5.88 Å². The van der Waals surface area contributed by atoms with Gasteiger partial charge in [0, 0.05) is 19.7 Å². The Hall–Kier alpha value is -1.76. The second-order valence-electron chi connectivity index (χ2n) is 11.0. The van der Waals surface area contributed by atoms with Crippen molar-refractivity contribution in [2.75, 3.05) is 6.61 Å². The van der Waals surface area contributed by atoms with Crippen LogP contribution in [0.15, 0.2) is 11.0 Å². The van der Waals surface area contributed by atoms with Gasteiger partial charge in [0.15, 0.2) is 6.10 Å². The molecule has 0 aliphatic rings. The molecular weight excluding hydrogens is 420 g/mol. The fourth-order valence-electron chi connectivity index (χ4n) is 4.36. The van der Waals surface area contributed by atoms with Crippen molar-refractivity contribution in [3.63, 3.8) is 0 Å². The van der Waals surface area contributed by atoms with Gasteiger partial charge in [0.25, 0.3) is 0 Å². The lowest BCUT2D eigenvalue weighted by Crippen LogP contribution is -2.30. The third-order valence-electron chi connectivity index (χ3n) is 6.64. The van der Waals surface area contributed by atoms with Gasteiger partial charge in [-0.2, -0.15) is 0 Å². The Balaban J connectivity index is 2.31. The summed E-state index contributed by atoms with van der Waals surface area (Å²) in [5.74, 6) is -0.825. The standard InChI is InChI=1S/C26H48N2O5/c1-7-9-14-26(5,6)19-21(23(30)31)33-18-13-11-16-25(3,4)15-10-12-17-28-22(29)20-27(8-2)24(28)32/h20-21,29H,7-19H2,1-6H3,(H,30,31). The molecule has 0 aliphatic heterocycles. The Bertz CT molecular complexity index is 763. The van der Waals surface area contributed by atoms with Crippen molar-refractivity contribution in [1.82, 2.24) is 9.13 Å². The van der Waals surface area contributed by atoms with E-state index in [0.29, 0.717) is 26.1 Å².